The number of hydrogen-bond acceptors (Lipinski definition) is 3. The highest BCUT2D eigenvalue weighted by Gasteiger charge is 2.31. The van der Waals surface area contributed by atoms with Crippen molar-refractivity contribution in [3.63, 3.8) is 0 Å². The average molecular weight is 246 g/mol. The Morgan fingerprint density at radius 3 is 2.67 bits per heavy atom. The van der Waals surface area contributed by atoms with Crippen LogP contribution in [0.3, 0.4) is 0 Å². The molecular formula is C14H22N4. The van der Waals surface area contributed by atoms with Crippen molar-refractivity contribution in [2.24, 2.45) is 0 Å². The zero-order chi connectivity index (χ0) is 13.3. The fourth-order valence-corrected chi connectivity index (χ4v) is 2.62. The number of rotatable bonds is 4. The van der Waals surface area contributed by atoms with E-state index in [2.05, 4.69) is 66.3 Å². The summed E-state index contributed by atoms with van der Waals surface area (Å²) in [6, 6.07) is 6.72. The number of nitrogens with zero attached hydrogens (tertiary/aromatic N) is 2. The van der Waals surface area contributed by atoms with E-state index in [9.17, 15) is 0 Å². The van der Waals surface area contributed by atoms with Gasteiger partial charge >= 0.3 is 0 Å². The first-order chi connectivity index (χ1) is 8.45. The third kappa shape index (κ3) is 2.26. The molecule has 98 valence electrons. The summed E-state index contributed by atoms with van der Waals surface area (Å²) in [5, 5.41) is 3.40. The van der Waals surface area contributed by atoms with Crippen LogP contribution in [-0.2, 0) is 0 Å². The molecule has 0 bridgehead atoms. The largest absolute Gasteiger partial charge is 0.345 e. The molecule has 0 aliphatic rings. The molecule has 1 atom stereocenters. The van der Waals surface area contributed by atoms with Crippen molar-refractivity contribution >= 4 is 11.0 Å². The molecule has 1 heterocycles. The van der Waals surface area contributed by atoms with Gasteiger partial charge in [0, 0.05) is 5.54 Å². The van der Waals surface area contributed by atoms with E-state index in [0.717, 1.165) is 11.0 Å². The van der Waals surface area contributed by atoms with E-state index in [1.54, 1.807) is 6.33 Å². The van der Waals surface area contributed by atoms with E-state index >= 15 is 0 Å². The molecule has 0 saturated heterocycles. The molecule has 2 aromatic rings. The summed E-state index contributed by atoms with van der Waals surface area (Å²) in [5.41, 5.74) is 3.39. The van der Waals surface area contributed by atoms with Crippen LogP contribution in [0.25, 0.3) is 11.0 Å². The van der Waals surface area contributed by atoms with Crippen LogP contribution in [0.2, 0.25) is 0 Å². The second kappa shape index (κ2) is 4.71. The van der Waals surface area contributed by atoms with Crippen LogP contribution in [-0.4, -0.2) is 41.5 Å². The van der Waals surface area contributed by atoms with E-state index in [1.807, 2.05) is 7.05 Å². The number of aromatic amines is 1. The molecule has 0 aliphatic carbocycles. The highest BCUT2D eigenvalue weighted by atomic mass is 15.2. The zero-order valence-corrected chi connectivity index (χ0v) is 11.8. The molecule has 1 aromatic carbocycles. The Bertz CT molecular complexity index is 527. The van der Waals surface area contributed by atoms with Crippen molar-refractivity contribution in [1.82, 2.24) is 20.2 Å². The quantitative estimate of drug-likeness (QED) is 0.869. The molecule has 0 radical (unpaired) electrons. The maximum atomic E-state index is 4.26. The van der Waals surface area contributed by atoms with E-state index in [0.29, 0.717) is 6.04 Å². The third-order valence-corrected chi connectivity index (χ3v) is 3.60. The summed E-state index contributed by atoms with van der Waals surface area (Å²) in [5.74, 6) is 0. The maximum absolute atomic E-state index is 4.26. The first-order valence-electron chi connectivity index (χ1n) is 6.24. The normalized spacial score (nSPS) is 14.3. The minimum atomic E-state index is -0.00278. The Balaban J connectivity index is 2.47. The topological polar surface area (TPSA) is 44.0 Å². The van der Waals surface area contributed by atoms with Crippen molar-refractivity contribution in [2.45, 2.75) is 25.4 Å². The van der Waals surface area contributed by atoms with E-state index in [-0.39, 0.29) is 5.54 Å². The summed E-state index contributed by atoms with van der Waals surface area (Å²) in [7, 11) is 6.23. The number of aromatic nitrogens is 2. The van der Waals surface area contributed by atoms with Crippen LogP contribution in [0.4, 0.5) is 0 Å². The first-order valence-corrected chi connectivity index (χ1v) is 6.24. The monoisotopic (exact) mass is 246 g/mol. The van der Waals surface area contributed by atoms with Crippen LogP contribution < -0.4 is 5.32 Å². The van der Waals surface area contributed by atoms with Gasteiger partial charge in [-0.05, 0) is 52.7 Å². The lowest BCUT2D eigenvalue weighted by molar-refractivity contribution is 0.177. The van der Waals surface area contributed by atoms with Gasteiger partial charge in [0.1, 0.15) is 0 Å². The maximum Gasteiger partial charge on any atom is 0.0931 e. The van der Waals surface area contributed by atoms with Crippen molar-refractivity contribution in [3.8, 4) is 0 Å². The predicted octanol–water partition coefficient (Wildman–Crippen LogP) is 2.16. The standard InChI is InChI=1S/C14H22N4/c1-14(2,15-3)13(18(4)5)10-6-7-11-12(8-10)17-9-16-11/h6-9,13,15H,1-5H3,(H,16,17). The van der Waals surface area contributed by atoms with Crippen molar-refractivity contribution in [2.75, 3.05) is 21.1 Å². The van der Waals surface area contributed by atoms with E-state index in [1.165, 1.54) is 5.56 Å². The van der Waals surface area contributed by atoms with Gasteiger partial charge < -0.3 is 15.2 Å². The molecule has 0 fully saturated rings. The van der Waals surface area contributed by atoms with Gasteiger partial charge in [0.25, 0.3) is 0 Å². The summed E-state index contributed by atoms with van der Waals surface area (Å²) in [6.07, 6.45) is 1.74. The van der Waals surface area contributed by atoms with Crippen LogP contribution in [0.5, 0.6) is 0 Å². The second-order valence-corrected chi connectivity index (χ2v) is 5.52. The number of fused-ring (bicyclic) bond motifs is 1. The SMILES string of the molecule is CNC(C)(C)C(c1ccc2nc[nH]c2c1)N(C)C. The van der Waals surface area contributed by atoms with Gasteiger partial charge in [-0.1, -0.05) is 6.07 Å². The summed E-state index contributed by atoms with van der Waals surface area (Å²) in [4.78, 5) is 9.68. The fourth-order valence-electron chi connectivity index (χ4n) is 2.62. The molecule has 0 spiro atoms. The lowest BCUT2D eigenvalue weighted by Gasteiger charge is -2.39. The third-order valence-electron chi connectivity index (χ3n) is 3.60. The van der Waals surface area contributed by atoms with Gasteiger partial charge in [-0.15, -0.1) is 0 Å². The van der Waals surface area contributed by atoms with Gasteiger partial charge in [0.2, 0.25) is 0 Å². The highest BCUT2D eigenvalue weighted by molar-refractivity contribution is 5.75. The molecule has 1 aromatic heterocycles. The lowest BCUT2D eigenvalue weighted by Crippen LogP contribution is -2.48. The summed E-state index contributed by atoms with van der Waals surface area (Å²) in [6.45, 7) is 4.43. The smallest absolute Gasteiger partial charge is 0.0931 e. The number of nitrogens with one attached hydrogen (secondary N) is 2. The number of benzene rings is 1. The molecule has 4 nitrogen and oxygen atoms in total. The highest BCUT2D eigenvalue weighted by Crippen LogP contribution is 2.31. The van der Waals surface area contributed by atoms with Gasteiger partial charge in [0.05, 0.1) is 23.4 Å². The molecule has 0 saturated carbocycles. The predicted molar refractivity (Wildman–Crippen MR) is 75.7 cm³/mol. The molecule has 2 rings (SSSR count). The second-order valence-electron chi connectivity index (χ2n) is 5.52. The Morgan fingerprint density at radius 2 is 2.06 bits per heavy atom. The zero-order valence-electron chi connectivity index (χ0n) is 11.8. The molecule has 1 unspecified atom stereocenters. The number of H-pyrrole nitrogens is 1. The molecule has 18 heavy (non-hydrogen) atoms. The first kappa shape index (κ1) is 13.1. The Hall–Kier alpha value is -1.39. The van der Waals surface area contributed by atoms with Crippen molar-refractivity contribution in [3.05, 3.63) is 30.1 Å². The number of likely N-dealkylation sites (N-methyl/N-ethyl adjacent to an activating group) is 2. The average Bonchev–Trinajstić information content (AvgIpc) is 2.75. The molecular weight excluding hydrogens is 224 g/mol. The number of hydrogen-bond donors (Lipinski definition) is 2. The van der Waals surface area contributed by atoms with Gasteiger partial charge in [-0.25, -0.2) is 4.98 Å². The van der Waals surface area contributed by atoms with Crippen LogP contribution in [0.15, 0.2) is 24.5 Å². The van der Waals surface area contributed by atoms with Crippen LogP contribution in [0.1, 0.15) is 25.5 Å². The Morgan fingerprint density at radius 1 is 1.33 bits per heavy atom. The van der Waals surface area contributed by atoms with Gasteiger partial charge in [-0.2, -0.15) is 0 Å². The Kier molecular flexibility index (Phi) is 3.41. The minimum absolute atomic E-state index is 0.00278. The van der Waals surface area contributed by atoms with Gasteiger partial charge in [-0.3, -0.25) is 0 Å². The van der Waals surface area contributed by atoms with Gasteiger partial charge in [0.15, 0.2) is 0 Å². The molecule has 2 N–H and O–H groups in total. The minimum Gasteiger partial charge on any atom is -0.345 e. The molecule has 0 amide bonds. The Labute approximate surface area is 108 Å². The molecule has 0 aliphatic heterocycles. The van der Waals surface area contributed by atoms with Crippen molar-refractivity contribution in [1.29, 1.82) is 0 Å². The van der Waals surface area contributed by atoms with E-state index < -0.39 is 0 Å². The van der Waals surface area contributed by atoms with E-state index in [4.69, 9.17) is 0 Å². The fraction of sp³-hybridized carbons (Fsp3) is 0.500. The lowest BCUT2D eigenvalue weighted by atomic mass is 9.87. The van der Waals surface area contributed by atoms with Crippen molar-refractivity contribution < 1.29 is 0 Å². The van der Waals surface area contributed by atoms with Crippen LogP contribution in [0, 0.1) is 0 Å². The summed E-state index contributed by atoms with van der Waals surface area (Å²) >= 11 is 0. The number of imidazole rings is 1. The summed E-state index contributed by atoms with van der Waals surface area (Å²) < 4.78 is 0. The van der Waals surface area contributed by atoms with Crippen LogP contribution >= 0.6 is 0 Å². The molecule has 4 heteroatoms.